The van der Waals surface area contributed by atoms with Crippen LogP contribution >= 0.6 is 0 Å². The van der Waals surface area contributed by atoms with Crippen LogP contribution in [-0.4, -0.2) is 29.2 Å². The molecule has 96 valence electrons. The second-order valence-electron chi connectivity index (χ2n) is 5.23. The van der Waals surface area contributed by atoms with Gasteiger partial charge in [0, 0.05) is 6.07 Å². The number of hydrogen-bond donors (Lipinski definition) is 1. The number of carbonyl (C=O) groups is 1. The van der Waals surface area contributed by atoms with Crippen LogP contribution in [-0.2, 0) is 0 Å². The Morgan fingerprint density at radius 3 is 3.06 bits per heavy atom. The molecule has 1 heterocycles. The first kappa shape index (κ1) is 11.5. The van der Waals surface area contributed by atoms with Crippen molar-refractivity contribution in [3.63, 3.8) is 0 Å². The Morgan fingerprint density at radius 2 is 2.33 bits per heavy atom. The van der Waals surface area contributed by atoms with E-state index in [-0.39, 0.29) is 18.5 Å². The number of ketones is 1. The SMILES string of the molecule is CC1(O)CCCC1Oc1ccc2c(c1)OCC2=O. The lowest BCUT2D eigenvalue weighted by Gasteiger charge is -2.26. The molecule has 0 aromatic heterocycles. The van der Waals surface area contributed by atoms with E-state index in [2.05, 4.69) is 0 Å². The second-order valence-corrected chi connectivity index (χ2v) is 5.23. The third kappa shape index (κ3) is 1.86. The van der Waals surface area contributed by atoms with E-state index in [0.717, 1.165) is 19.3 Å². The molecule has 2 aliphatic rings. The zero-order chi connectivity index (χ0) is 12.8. The van der Waals surface area contributed by atoms with E-state index in [1.807, 2.05) is 0 Å². The van der Waals surface area contributed by atoms with Crippen molar-refractivity contribution in [3.8, 4) is 11.5 Å². The molecule has 1 aromatic rings. The molecule has 0 amide bonds. The first-order chi connectivity index (χ1) is 8.56. The summed E-state index contributed by atoms with van der Waals surface area (Å²) in [5, 5.41) is 10.1. The Morgan fingerprint density at radius 1 is 1.50 bits per heavy atom. The van der Waals surface area contributed by atoms with Crippen LogP contribution in [0.2, 0.25) is 0 Å². The molecule has 1 fully saturated rings. The monoisotopic (exact) mass is 248 g/mol. The number of ether oxygens (including phenoxy) is 2. The predicted octanol–water partition coefficient (Wildman–Crippen LogP) is 1.94. The zero-order valence-corrected chi connectivity index (χ0v) is 10.3. The summed E-state index contributed by atoms with van der Waals surface area (Å²) in [6.07, 6.45) is 2.40. The van der Waals surface area contributed by atoms with Crippen molar-refractivity contribution in [1.82, 2.24) is 0 Å². The topological polar surface area (TPSA) is 55.8 Å². The molecule has 0 radical (unpaired) electrons. The van der Waals surface area contributed by atoms with Crippen molar-refractivity contribution in [1.29, 1.82) is 0 Å². The third-order valence-electron chi connectivity index (χ3n) is 3.73. The predicted molar refractivity (Wildman–Crippen MR) is 65.2 cm³/mol. The van der Waals surface area contributed by atoms with Crippen molar-refractivity contribution >= 4 is 5.78 Å². The van der Waals surface area contributed by atoms with E-state index in [1.165, 1.54) is 0 Å². The Balaban J connectivity index is 1.80. The van der Waals surface area contributed by atoms with Crippen LogP contribution in [0.1, 0.15) is 36.5 Å². The van der Waals surface area contributed by atoms with Gasteiger partial charge in [-0.1, -0.05) is 0 Å². The molecule has 0 saturated heterocycles. The summed E-state index contributed by atoms with van der Waals surface area (Å²) in [6, 6.07) is 5.22. The number of Topliss-reactive ketones (excluding diaryl/α,β-unsaturated/α-hetero) is 1. The average Bonchev–Trinajstić information content (AvgIpc) is 2.84. The Kier molecular flexibility index (Phi) is 2.55. The molecular formula is C14H16O4. The minimum Gasteiger partial charge on any atom is -0.487 e. The lowest BCUT2D eigenvalue weighted by Crippen LogP contribution is -2.37. The molecule has 3 rings (SSSR count). The second kappa shape index (κ2) is 3.99. The number of carbonyl (C=O) groups excluding carboxylic acids is 1. The highest BCUT2D eigenvalue weighted by molar-refractivity contribution is 6.02. The number of benzene rings is 1. The van der Waals surface area contributed by atoms with Crippen molar-refractivity contribution < 1.29 is 19.4 Å². The Hall–Kier alpha value is -1.55. The van der Waals surface area contributed by atoms with Crippen LogP contribution in [0.15, 0.2) is 18.2 Å². The standard InChI is InChI=1S/C14H16O4/c1-14(16)6-2-3-13(14)18-9-4-5-10-11(15)8-17-12(10)7-9/h4-5,7,13,16H,2-3,6,8H2,1H3. The van der Waals surface area contributed by atoms with Gasteiger partial charge in [-0.05, 0) is 38.3 Å². The number of rotatable bonds is 2. The van der Waals surface area contributed by atoms with Gasteiger partial charge in [0.25, 0.3) is 0 Å². The quantitative estimate of drug-likeness (QED) is 0.869. The molecule has 4 nitrogen and oxygen atoms in total. The first-order valence-electron chi connectivity index (χ1n) is 6.25. The smallest absolute Gasteiger partial charge is 0.203 e. The lowest BCUT2D eigenvalue weighted by atomic mass is 10.0. The summed E-state index contributed by atoms with van der Waals surface area (Å²) in [6.45, 7) is 1.91. The van der Waals surface area contributed by atoms with Crippen LogP contribution in [0.3, 0.4) is 0 Å². The van der Waals surface area contributed by atoms with Gasteiger partial charge in [0.2, 0.25) is 5.78 Å². The summed E-state index contributed by atoms with van der Waals surface area (Å²) < 4.78 is 11.1. The number of hydrogen-bond acceptors (Lipinski definition) is 4. The van der Waals surface area contributed by atoms with E-state index in [4.69, 9.17) is 9.47 Å². The van der Waals surface area contributed by atoms with Crippen LogP contribution in [0.4, 0.5) is 0 Å². The van der Waals surface area contributed by atoms with E-state index in [0.29, 0.717) is 17.1 Å². The van der Waals surface area contributed by atoms with Gasteiger partial charge < -0.3 is 14.6 Å². The molecule has 2 unspecified atom stereocenters. The maximum Gasteiger partial charge on any atom is 0.203 e. The van der Waals surface area contributed by atoms with Gasteiger partial charge >= 0.3 is 0 Å². The molecular weight excluding hydrogens is 232 g/mol. The summed E-state index contributed by atoms with van der Waals surface area (Å²) in [5.41, 5.74) is -0.157. The number of aliphatic hydroxyl groups is 1. The van der Waals surface area contributed by atoms with Gasteiger partial charge in [0.15, 0.2) is 6.61 Å². The van der Waals surface area contributed by atoms with E-state index in [9.17, 15) is 9.90 Å². The third-order valence-corrected chi connectivity index (χ3v) is 3.73. The van der Waals surface area contributed by atoms with Crippen LogP contribution in [0.5, 0.6) is 11.5 Å². The van der Waals surface area contributed by atoms with Gasteiger partial charge in [0.1, 0.15) is 17.6 Å². The van der Waals surface area contributed by atoms with Gasteiger partial charge in [0.05, 0.1) is 11.2 Å². The molecule has 0 spiro atoms. The fraction of sp³-hybridized carbons (Fsp3) is 0.500. The zero-order valence-electron chi connectivity index (χ0n) is 10.3. The van der Waals surface area contributed by atoms with Crippen LogP contribution in [0.25, 0.3) is 0 Å². The summed E-state index contributed by atoms with van der Waals surface area (Å²) in [7, 11) is 0. The summed E-state index contributed by atoms with van der Waals surface area (Å²) in [5.74, 6) is 1.23. The average molecular weight is 248 g/mol. The molecule has 2 atom stereocenters. The molecule has 18 heavy (non-hydrogen) atoms. The fourth-order valence-electron chi connectivity index (χ4n) is 2.61. The van der Waals surface area contributed by atoms with E-state index < -0.39 is 5.60 Å². The maximum atomic E-state index is 11.4. The highest BCUT2D eigenvalue weighted by Crippen LogP contribution is 2.35. The summed E-state index contributed by atoms with van der Waals surface area (Å²) >= 11 is 0. The normalized spacial score (nSPS) is 30.1. The van der Waals surface area contributed by atoms with Gasteiger partial charge in [-0.15, -0.1) is 0 Å². The van der Waals surface area contributed by atoms with Crippen LogP contribution in [0, 0.1) is 0 Å². The Bertz CT molecular complexity index is 493. The maximum absolute atomic E-state index is 11.4. The minimum absolute atomic E-state index is 0.00409. The fourth-order valence-corrected chi connectivity index (χ4v) is 2.61. The molecule has 1 N–H and O–H groups in total. The van der Waals surface area contributed by atoms with Gasteiger partial charge in [-0.25, -0.2) is 0 Å². The van der Waals surface area contributed by atoms with E-state index in [1.54, 1.807) is 25.1 Å². The Labute approximate surface area is 106 Å². The van der Waals surface area contributed by atoms with Gasteiger partial charge in [-0.3, -0.25) is 4.79 Å². The van der Waals surface area contributed by atoms with Crippen molar-refractivity contribution in [2.24, 2.45) is 0 Å². The highest BCUT2D eigenvalue weighted by Gasteiger charge is 2.38. The highest BCUT2D eigenvalue weighted by atomic mass is 16.5. The lowest BCUT2D eigenvalue weighted by molar-refractivity contribution is -0.0252. The molecule has 1 saturated carbocycles. The number of fused-ring (bicyclic) bond motifs is 1. The van der Waals surface area contributed by atoms with Crippen molar-refractivity contribution in [2.75, 3.05) is 6.61 Å². The molecule has 0 bridgehead atoms. The summed E-state index contributed by atoms with van der Waals surface area (Å²) in [4.78, 5) is 11.4. The van der Waals surface area contributed by atoms with Crippen LogP contribution < -0.4 is 9.47 Å². The van der Waals surface area contributed by atoms with Gasteiger partial charge in [-0.2, -0.15) is 0 Å². The first-order valence-corrected chi connectivity index (χ1v) is 6.25. The van der Waals surface area contributed by atoms with E-state index >= 15 is 0 Å². The molecule has 1 aliphatic carbocycles. The largest absolute Gasteiger partial charge is 0.487 e. The molecule has 1 aliphatic heterocycles. The molecule has 1 aromatic carbocycles. The molecule has 4 heteroatoms. The van der Waals surface area contributed by atoms with Crippen molar-refractivity contribution in [3.05, 3.63) is 23.8 Å². The van der Waals surface area contributed by atoms with Crippen molar-refractivity contribution in [2.45, 2.75) is 37.9 Å². The minimum atomic E-state index is -0.768.